The Morgan fingerprint density at radius 3 is 2.25 bits per heavy atom. The van der Waals surface area contributed by atoms with Crippen LogP contribution in [0.4, 0.5) is 10.1 Å². The summed E-state index contributed by atoms with van der Waals surface area (Å²) in [6.45, 7) is 0. The van der Waals surface area contributed by atoms with Crippen molar-refractivity contribution >= 4 is 30.0 Å². The first kappa shape index (κ1) is 15.7. The Kier molecular flexibility index (Phi) is 5.23. The molecule has 0 saturated carbocycles. The van der Waals surface area contributed by atoms with Gasteiger partial charge in [-0.3, -0.25) is 4.79 Å². The maximum absolute atomic E-state index is 12.7. The third-order valence-electron chi connectivity index (χ3n) is 2.47. The second-order valence-corrected chi connectivity index (χ2v) is 3.85. The predicted octanol–water partition coefficient (Wildman–Crippen LogP) is 3.20. The van der Waals surface area contributed by atoms with E-state index in [-0.39, 0.29) is 18.0 Å². The number of carboxylic acids is 1. The van der Waals surface area contributed by atoms with Gasteiger partial charge in [0.05, 0.1) is 5.56 Å². The predicted molar refractivity (Wildman–Crippen MR) is 75.0 cm³/mol. The maximum Gasteiger partial charge on any atom is 0.335 e. The number of carbonyl (C=O) groups excluding carboxylic acids is 1. The summed E-state index contributed by atoms with van der Waals surface area (Å²) >= 11 is 0. The summed E-state index contributed by atoms with van der Waals surface area (Å²) in [5, 5.41) is 11.4. The molecule has 1 amide bonds. The van der Waals surface area contributed by atoms with Crippen molar-refractivity contribution in [3.63, 3.8) is 0 Å². The summed E-state index contributed by atoms with van der Waals surface area (Å²) in [7, 11) is 0. The van der Waals surface area contributed by atoms with Crippen LogP contribution in [0.3, 0.4) is 0 Å². The highest BCUT2D eigenvalue weighted by molar-refractivity contribution is 6.04. The van der Waals surface area contributed by atoms with E-state index < -0.39 is 17.7 Å². The van der Waals surface area contributed by atoms with E-state index in [0.717, 1.165) is 0 Å². The number of rotatable bonds is 3. The molecule has 0 radical (unpaired) electrons. The van der Waals surface area contributed by atoms with E-state index in [9.17, 15) is 14.0 Å². The Bertz CT molecular complexity index is 629. The van der Waals surface area contributed by atoms with Crippen LogP contribution in [0.15, 0.2) is 48.5 Å². The fourth-order valence-electron chi connectivity index (χ4n) is 1.53. The molecule has 0 aliphatic carbocycles. The molecule has 0 fully saturated rings. The Morgan fingerprint density at radius 1 is 1.00 bits per heavy atom. The first-order chi connectivity index (χ1) is 9.06. The van der Waals surface area contributed by atoms with Crippen molar-refractivity contribution in [2.45, 2.75) is 0 Å². The van der Waals surface area contributed by atoms with Crippen LogP contribution in [0.25, 0.3) is 0 Å². The molecule has 2 aromatic rings. The third-order valence-corrected chi connectivity index (χ3v) is 2.47. The van der Waals surface area contributed by atoms with Gasteiger partial charge in [-0.25, -0.2) is 9.18 Å². The quantitative estimate of drug-likeness (QED) is 0.914. The van der Waals surface area contributed by atoms with Gasteiger partial charge in [0.1, 0.15) is 5.82 Å². The third kappa shape index (κ3) is 3.80. The average Bonchev–Trinajstić information content (AvgIpc) is 2.39. The zero-order valence-electron chi connectivity index (χ0n) is 10.2. The number of carboxylic acid groups (broad SMARTS) is 1. The number of nitrogens with one attached hydrogen (secondary N) is 1. The Morgan fingerprint density at radius 2 is 1.65 bits per heavy atom. The molecule has 4 nitrogen and oxygen atoms in total. The number of benzene rings is 2. The second-order valence-electron chi connectivity index (χ2n) is 3.85. The number of amides is 1. The summed E-state index contributed by atoms with van der Waals surface area (Å²) < 4.78 is 12.7. The van der Waals surface area contributed by atoms with E-state index in [1.807, 2.05) is 0 Å². The number of anilines is 1. The van der Waals surface area contributed by atoms with E-state index in [1.165, 1.54) is 42.5 Å². The molecule has 2 aromatic carbocycles. The molecule has 104 valence electrons. The average molecular weight is 296 g/mol. The Labute approximate surface area is 120 Å². The van der Waals surface area contributed by atoms with E-state index in [2.05, 4.69) is 5.32 Å². The summed E-state index contributed by atoms with van der Waals surface area (Å²) in [5.74, 6) is -1.93. The van der Waals surface area contributed by atoms with Crippen LogP contribution < -0.4 is 5.32 Å². The maximum atomic E-state index is 12.7. The molecule has 0 unspecified atom stereocenters. The minimum atomic E-state index is -1.07. The van der Waals surface area contributed by atoms with Crippen molar-refractivity contribution in [3.05, 3.63) is 65.5 Å². The minimum absolute atomic E-state index is 0. The highest BCUT2D eigenvalue weighted by atomic mass is 35.5. The van der Waals surface area contributed by atoms with Crippen molar-refractivity contribution < 1.29 is 19.1 Å². The highest BCUT2D eigenvalue weighted by Crippen LogP contribution is 2.12. The first-order valence-electron chi connectivity index (χ1n) is 5.46. The first-order valence-corrected chi connectivity index (χ1v) is 5.46. The number of aromatic carboxylic acids is 1. The number of hydrogen-bond donors (Lipinski definition) is 2. The van der Waals surface area contributed by atoms with Crippen molar-refractivity contribution in [3.8, 4) is 0 Å². The van der Waals surface area contributed by atoms with Gasteiger partial charge in [-0.2, -0.15) is 0 Å². The van der Waals surface area contributed by atoms with Gasteiger partial charge in [0.25, 0.3) is 5.91 Å². The van der Waals surface area contributed by atoms with Crippen LogP contribution in [-0.2, 0) is 0 Å². The Balaban J connectivity index is 0.00000200. The van der Waals surface area contributed by atoms with E-state index in [1.54, 1.807) is 6.07 Å². The number of halogens is 2. The molecule has 0 aliphatic rings. The van der Waals surface area contributed by atoms with Crippen molar-refractivity contribution in [1.82, 2.24) is 0 Å². The second kappa shape index (κ2) is 6.68. The van der Waals surface area contributed by atoms with Crippen LogP contribution in [0.1, 0.15) is 20.7 Å². The van der Waals surface area contributed by atoms with Gasteiger partial charge in [0.15, 0.2) is 0 Å². The zero-order chi connectivity index (χ0) is 13.8. The topological polar surface area (TPSA) is 66.4 Å². The van der Waals surface area contributed by atoms with E-state index in [4.69, 9.17) is 5.11 Å². The fourth-order valence-corrected chi connectivity index (χ4v) is 1.53. The molecule has 0 heterocycles. The molecule has 0 saturated heterocycles. The smallest absolute Gasteiger partial charge is 0.335 e. The molecule has 6 heteroatoms. The summed E-state index contributed by atoms with van der Waals surface area (Å²) in [4.78, 5) is 22.6. The van der Waals surface area contributed by atoms with E-state index >= 15 is 0 Å². The highest BCUT2D eigenvalue weighted by Gasteiger charge is 2.08. The summed E-state index contributed by atoms with van der Waals surface area (Å²) in [5.41, 5.74) is 0.744. The summed E-state index contributed by atoms with van der Waals surface area (Å²) in [6.07, 6.45) is 0. The van der Waals surface area contributed by atoms with Gasteiger partial charge in [0, 0.05) is 11.3 Å². The molecular formula is C14H11ClFNO3. The molecule has 0 spiro atoms. The minimum Gasteiger partial charge on any atom is -0.478 e. The van der Waals surface area contributed by atoms with Gasteiger partial charge in [-0.05, 0) is 42.5 Å². The molecule has 0 atom stereocenters. The van der Waals surface area contributed by atoms with Crippen molar-refractivity contribution in [1.29, 1.82) is 0 Å². The largest absolute Gasteiger partial charge is 0.478 e. The number of hydrogen-bond acceptors (Lipinski definition) is 2. The fraction of sp³-hybridized carbons (Fsp3) is 0. The van der Waals surface area contributed by atoms with Crippen LogP contribution >= 0.6 is 12.4 Å². The van der Waals surface area contributed by atoms with Crippen LogP contribution in [0.5, 0.6) is 0 Å². The molecular weight excluding hydrogens is 285 g/mol. The van der Waals surface area contributed by atoms with Crippen molar-refractivity contribution in [2.75, 3.05) is 5.32 Å². The van der Waals surface area contributed by atoms with Crippen LogP contribution in [-0.4, -0.2) is 17.0 Å². The Hall–Kier alpha value is -2.40. The SMILES string of the molecule is Cl.O=C(O)c1cccc(NC(=O)c2ccc(F)cc2)c1. The van der Waals surface area contributed by atoms with Gasteiger partial charge in [0.2, 0.25) is 0 Å². The number of carbonyl (C=O) groups is 2. The lowest BCUT2D eigenvalue weighted by Gasteiger charge is -2.06. The van der Waals surface area contributed by atoms with Crippen LogP contribution in [0.2, 0.25) is 0 Å². The van der Waals surface area contributed by atoms with Gasteiger partial charge in [-0.1, -0.05) is 6.07 Å². The van der Waals surface area contributed by atoms with E-state index in [0.29, 0.717) is 11.3 Å². The molecule has 20 heavy (non-hydrogen) atoms. The van der Waals surface area contributed by atoms with Gasteiger partial charge >= 0.3 is 5.97 Å². The standard InChI is InChI=1S/C14H10FNO3.ClH/c15-11-6-4-9(5-7-11)13(17)16-12-3-1-2-10(8-12)14(18)19;/h1-8H,(H,16,17)(H,18,19);1H. The van der Waals surface area contributed by atoms with Gasteiger partial charge in [-0.15, -0.1) is 12.4 Å². The zero-order valence-corrected chi connectivity index (χ0v) is 11.0. The van der Waals surface area contributed by atoms with Crippen molar-refractivity contribution in [2.24, 2.45) is 0 Å². The molecule has 2 N–H and O–H groups in total. The molecule has 0 aromatic heterocycles. The normalized spacial score (nSPS) is 9.45. The molecule has 0 bridgehead atoms. The summed E-state index contributed by atoms with van der Waals surface area (Å²) in [6, 6.07) is 11.0. The van der Waals surface area contributed by atoms with Crippen LogP contribution in [0, 0.1) is 5.82 Å². The van der Waals surface area contributed by atoms with Gasteiger partial charge < -0.3 is 10.4 Å². The monoisotopic (exact) mass is 295 g/mol. The lowest BCUT2D eigenvalue weighted by molar-refractivity contribution is 0.0696. The lowest BCUT2D eigenvalue weighted by Crippen LogP contribution is -2.12. The lowest BCUT2D eigenvalue weighted by atomic mass is 10.1. The molecule has 2 rings (SSSR count). The molecule has 0 aliphatic heterocycles.